The number of hydrogen-bond acceptors (Lipinski definition) is 5. The zero-order valence-electron chi connectivity index (χ0n) is 10.4. The Balaban J connectivity index is 1.92. The van der Waals surface area contributed by atoms with Gasteiger partial charge in [0.15, 0.2) is 17.3 Å². The highest BCUT2D eigenvalue weighted by atomic mass is 15.3. The van der Waals surface area contributed by atoms with E-state index in [0.29, 0.717) is 11.9 Å². The van der Waals surface area contributed by atoms with Gasteiger partial charge in [-0.25, -0.2) is 15.8 Å². The number of nitrogens with two attached hydrogens (primary N) is 1. The zero-order valence-corrected chi connectivity index (χ0v) is 10.4. The van der Waals surface area contributed by atoms with Crippen molar-refractivity contribution in [1.29, 1.82) is 0 Å². The van der Waals surface area contributed by atoms with Crippen LogP contribution in [0.15, 0.2) is 18.6 Å². The van der Waals surface area contributed by atoms with E-state index >= 15 is 0 Å². The van der Waals surface area contributed by atoms with Crippen molar-refractivity contribution in [3.8, 4) is 0 Å². The normalized spacial score (nSPS) is 23.4. The summed E-state index contributed by atoms with van der Waals surface area (Å²) in [6.45, 7) is 2.29. The Morgan fingerprint density at radius 1 is 1.44 bits per heavy atom. The van der Waals surface area contributed by atoms with Gasteiger partial charge in [0.2, 0.25) is 0 Å². The summed E-state index contributed by atoms with van der Waals surface area (Å²) in [4.78, 5) is 8.77. The van der Waals surface area contributed by atoms with Gasteiger partial charge in [-0.05, 0) is 25.2 Å². The minimum atomic E-state index is 0.487. The SMILES string of the molecule is CC1CCC(Nc2nc(NN)cn3ccnc23)C1. The smallest absolute Gasteiger partial charge is 0.180 e. The van der Waals surface area contributed by atoms with Gasteiger partial charge in [0.1, 0.15) is 0 Å². The molecule has 96 valence electrons. The van der Waals surface area contributed by atoms with E-state index in [1.807, 2.05) is 16.8 Å². The summed E-state index contributed by atoms with van der Waals surface area (Å²) < 4.78 is 1.92. The third-order valence-electron chi connectivity index (χ3n) is 3.56. The van der Waals surface area contributed by atoms with Crippen LogP contribution >= 0.6 is 0 Å². The monoisotopic (exact) mass is 246 g/mol. The van der Waals surface area contributed by atoms with Gasteiger partial charge < -0.3 is 15.1 Å². The zero-order chi connectivity index (χ0) is 12.5. The highest BCUT2D eigenvalue weighted by Crippen LogP contribution is 2.28. The minimum Gasteiger partial charge on any atom is -0.364 e. The summed E-state index contributed by atoms with van der Waals surface area (Å²) in [7, 11) is 0. The molecule has 1 aliphatic carbocycles. The highest BCUT2D eigenvalue weighted by molar-refractivity contribution is 5.65. The summed E-state index contributed by atoms with van der Waals surface area (Å²) in [5.74, 6) is 7.65. The van der Waals surface area contributed by atoms with Crippen LogP contribution in [0.3, 0.4) is 0 Å². The number of nitrogen functional groups attached to an aromatic ring is 1. The first-order valence-corrected chi connectivity index (χ1v) is 6.33. The molecule has 18 heavy (non-hydrogen) atoms. The van der Waals surface area contributed by atoms with Crippen LogP contribution in [0.4, 0.5) is 11.6 Å². The summed E-state index contributed by atoms with van der Waals surface area (Å²) in [6, 6.07) is 0.487. The van der Waals surface area contributed by atoms with Crippen LogP contribution in [-0.2, 0) is 0 Å². The molecule has 1 fully saturated rings. The van der Waals surface area contributed by atoms with Gasteiger partial charge in [0.25, 0.3) is 0 Å². The van der Waals surface area contributed by atoms with Crippen molar-refractivity contribution in [2.45, 2.75) is 32.2 Å². The van der Waals surface area contributed by atoms with Gasteiger partial charge in [0, 0.05) is 18.4 Å². The topological polar surface area (TPSA) is 80.3 Å². The molecule has 0 spiro atoms. The summed E-state index contributed by atoms with van der Waals surface area (Å²) in [5.41, 5.74) is 3.42. The first-order chi connectivity index (χ1) is 8.76. The van der Waals surface area contributed by atoms with Crippen molar-refractivity contribution >= 4 is 17.3 Å². The number of anilines is 2. The second-order valence-corrected chi connectivity index (χ2v) is 5.04. The van der Waals surface area contributed by atoms with Gasteiger partial charge in [-0.1, -0.05) is 6.92 Å². The fourth-order valence-electron chi connectivity index (χ4n) is 2.63. The molecule has 3 rings (SSSR count). The summed E-state index contributed by atoms with van der Waals surface area (Å²) >= 11 is 0. The lowest BCUT2D eigenvalue weighted by molar-refractivity contribution is 0.602. The van der Waals surface area contributed by atoms with E-state index in [1.165, 1.54) is 19.3 Å². The molecule has 0 aliphatic heterocycles. The van der Waals surface area contributed by atoms with Crippen molar-refractivity contribution < 1.29 is 0 Å². The van der Waals surface area contributed by atoms with Crippen LogP contribution in [0.1, 0.15) is 26.2 Å². The Hall–Kier alpha value is -1.82. The third kappa shape index (κ3) is 1.99. The highest BCUT2D eigenvalue weighted by Gasteiger charge is 2.22. The lowest BCUT2D eigenvalue weighted by Gasteiger charge is -2.14. The Morgan fingerprint density at radius 2 is 2.33 bits per heavy atom. The number of hydrazine groups is 1. The molecule has 1 saturated carbocycles. The number of imidazole rings is 1. The van der Waals surface area contributed by atoms with Crippen LogP contribution in [0.5, 0.6) is 0 Å². The molecule has 6 nitrogen and oxygen atoms in total. The fraction of sp³-hybridized carbons (Fsp3) is 0.500. The van der Waals surface area contributed by atoms with Crippen LogP contribution in [-0.4, -0.2) is 20.4 Å². The number of nitrogens with zero attached hydrogens (tertiary/aromatic N) is 3. The molecule has 4 N–H and O–H groups in total. The van der Waals surface area contributed by atoms with Crippen LogP contribution in [0, 0.1) is 5.92 Å². The number of nitrogens with one attached hydrogen (secondary N) is 2. The Kier molecular flexibility index (Phi) is 2.79. The second kappa shape index (κ2) is 4.45. The quantitative estimate of drug-likeness (QED) is 0.566. The average molecular weight is 246 g/mol. The van der Waals surface area contributed by atoms with Gasteiger partial charge >= 0.3 is 0 Å². The van der Waals surface area contributed by atoms with Crippen molar-refractivity contribution in [3.63, 3.8) is 0 Å². The molecular formula is C12H18N6. The maximum atomic E-state index is 5.43. The molecule has 2 heterocycles. The number of fused-ring (bicyclic) bond motifs is 1. The predicted molar refractivity (Wildman–Crippen MR) is 71.2 cm³/mol. The van der Waals surface area contributed by atoms with Crippen molar-refractivity contribution in [2.24, 2.45) is 11.8 Å². The lowest BCUT2D eigenvalue weighted by Crippen LogP contribution is -2.18. The van der Waals surface area contributed by atoms with E-state index in [1.54, 1.807) is 6.20 Å². The fourth-order valence-corrected chi connectivity index (χ4v) is 2.63. The molecule has 0 bridgehead atoms. The van der Waals surface area contributed by atoms with Gasteiger partial charge in [0.05, 0.1) is 6.20 Å². The largest absolute Gasteiger partial charge is 0.364 e. The van der Waals surface area contributed by atoms with Crippen LogP contribution in [0.2, 0.25) is 0 Å². The van der Waals surface area contributed by atoms with E-state index in [9.17, 15) is 0 Å². The minimum absolute atomic E-state index is 0.487. The number of hydrogen-bond donors (Lipinski definition) is 3. The molecule has 0 amide bonds. The van der Waals surface area contributed by atoms with Crippen LogP contribution in [0.25, 0.3) is 5.65 Å². The molecule has 6 heteroatoms. The molecule has 0 radical (unpaired) electrons. The lowest BCUT2D eigenvalue weighted by atomic mass is 10.1. The standard InChI is InChI=1S/C12H18N6/c1-8-2-3-9(6-8)15-11-12-14-4-5-18(12)7-10(16-11)17-13/h4-5,7-9,17H,2-3,6,13H2,1H3,(H,15,16). The van der Waals surface area contributed by atoms with E-state index in [2.05, 4.69) is 27.6 Å². The van der Waals surface area contributed by atoms with Crippen molar-refractivity contribution in [2.75, 3.05) is 10.7 Å². The Morgan fingerprint density at radius 3 is 3.06 bits per heavy atom. The molecule has 2 aromatic heterocycles. The number of rotatable bonds is 3. The molecule has 1 aliphatic rings. The summed E-state index contributed by atoms with van der Waals surface area (Å²) in [5, 5.41) is 3.49. The summed E-state index contributed by atoms with van der Waals surface area (Å²) in [6.07, 6.45) is 9.13. The predicted octanol–water partition coefficient (Wildman–Crippen LogP) is 1.62. The Labute approximate surface area is 106 Å². The van der Waals surface area contributed by atoms with E-state index in [0.717, 1.165) is 17.4 Å². The van der Waals surface area contributed by atoms with Gasteiger partial charge in [-0.3, -0.25) is 0 Å². The second-order valence-electron chi connectivity index (χ2n) is 5.04. The maximum absolute atomic E-state index is 5.43. The van der Waals surface area contributed by atoms with Crippen molar-refractivity contribution in [3.05, 3.63) is 18.6 Å². The maximum Gasteiger partial charge on any atom is 0.180 e. The third-order valence-corrected chi connectivity index (χ3v) is 3.56. The molecule has 0 saturated heterocycles. The first kappa shape index (κ1) is 11.3. The molecule has 0 aromatic carbocycles. The molecule has 2 unspecified atom stereocenters. The molecule has 2 aromatic rings. The van der Waals surface area contributed by atoms with E-state index in [-0.39, 0.29) is 0 Å². The van der Waals surface area contributed by atoms with Crippen LogP contribution < -0.4 is 16.6 Å². The Bertz CT molecular complexity index is 548. The van der Waals surface area contributed by atoms with E-state index < -0.39 is 0 Å². The van der Waals surface area contributed by atoms with Gasteiger partial charge in [-0.15, -0.1) is 0 Å². The average Bonchev–Trinajstić information content (AvgIpc) is 2.98. The first-order valence-electron chi connectivity index (χ1n) is 6.33. The van der Waals surface area contributed by atoms with Crippen molar-refractivity contribution in [1.82, 2.24) is 14.4 Å². The van der Waals surface area contributed by atoms with E-state index in [4.69, 9.17) is 5.84 Å². The molecule has 2 atom stereocenters. The molecular weight excluding hydrogens is 228 g/mol. The number of aromatic nitrogens is 3. The van der Waals surface area contributed by atoms with Gasteiger partial charge in [-0.2, -0.15) is 0 Å².